The van der Waals surface area contributed by atoms with Crippen LogP contribution in [0.3, 0.4) is 0 Å². The fourth-order valence-electron chi connectivity index (χ4n) is 2.71. The third-order valence-corrected chi connectivity index (χ3v) is 4.13. The van der Waals surface area contributed by atoms with Crippen molar-refractivity contribution < 1.29 is 18.7 Å². The molecule has 28 heavy (non-hydrogen) atoms. The molecule has 2 aromatic carbocycles. The van der Waals surface area contributed by atoms with Crippen molar-refractivity contribution in [3.8, 4) is 11.5 Å². The number of nitrogens with one attached hydrogen (secondary N) is 2. The Kier molecular flexibility index (Phi) is 5.01. The molecule has 1 amide bonds. The Morgan fingerprint density at radius 3 is 2.75 bits per heavy atom. The van der Waals surface area contributed by atoms with E-state index in [1.165, 1.54) is 24.4 Å². The molecule has 0 aliphatic carbocycles. The van der Waals surface area contributed by atoms with E-state index in [9.17, 15) is 9.18 Å². The van der Waals surface area contributed by atoms with Crippen LogP contribution in [0.5, 0.6) is 11.5 Å². The molecule has 1 aromatic heterocycles. The van der Waals surface area contributed by atoms with Gasteiger partial charge in [0.2, 0.25) is 12.7 Å². The predicted octanol–water partition coefficient (Wildman–Crippen LogP) is 3.25. The highest BCUT2D eigenvalue weighted by Crippen LogP contribution is 2.34. The molecular formula is C20H17FN4O3. The summed E-state index contributed by atoms with van der Waals surface area (Å²) >= 11 is 0. The number of carbonyl (C=O) groups excluding carboxylic acids is 1. The normalized spacial score (nSPS) is 11.9. The molecule has 0 bridgehead atoms. The molecule has 0 fully saturated rings. The second-order valence-electron chi connectivity index (χ2n) is 6.09. The van der Waals surface area contributed by atoms with E-state index in [1.807, 2.05) is 0 Å². The summed E-state index contributed by atoms with van der Waals surface area (Å²) in [6.07, 6.45) is 2.19. The number of hydrogen-bond donors (Lipinski definition) is 2. The molecular weight excluding hydrogens is 363 g/mol. The maximum atomic E-state index is 12.9. The predicted molar refractivity (Wildman–Crippen MR) is 101 cm³/mol. The van der Waals surface area contributed by atoms with Crippen molar-refractivity contribution >= 4 is 17.5 Å². The zero-order valence-electron chi connectivity index (χ0n) is 14.8. The van der Waals surface area contributed by atoms with Crippen LogP contribution in [-0.2, 0) is 6.42 Å². The minimum atomic E-state index is -0.358. The molecule has 142 valence electrons. The van der Waals surface area contributed by atoms with E-state index in [2.05, 4.69) is 20.6 Å². The monoisotopic (exact) mass is 380 g/mol. The van der Waals surface area contributed by atoms with Crippen LogP contribution in [0.15, 0.2) is 54.7 Å². The Morgan fingerprint density at radius 1 is 1.07 bits per heavy atom. The third kappa shape index (κ3) is 4.17. The van der Waals surface area contributed by atoms with Gasteiger partial charge in [0.1, 0.15) is 11.5 Å². The summed E-state index contributed by atoms with van der Waals surface area (Å²) in [5.74, 6) is 0.959. The number of anilines is 2. The van der Waals surface area contributed by atoms with E-state index < -0.39 is 0 Å². The van der Waals surface area contributed by atoms with Gasteiger partial charge in [0, 0.05) is 24.5 Å². The summed E-state index contributed by atoms with van der Waals surface area (Å²) < 4.78 is 23.5. The lowest BCUT2D eigenvalue weighted by Crippen LogP contribution is -2.16. The van der Waals surface area contributed by atoms with Crippen LogP contribution in [0.2, 0.25) is 0 Å². The number of nitrogens with zero attached hydrogens (tertiary/aromatic N) is 2. The summed E-state index contributed by atoms with van der Waals surface area (Å²) in [5, 5.41) is 5.84. The highest BCUT2D eigenvalue weighted by atomic mass is 19.1. The zero-order valence-corrected chi connectivity index (χ0v) is 14.8. The first-order chi connectivity index (χ1) is 13.7. The van der Waals surface area contributed by atoms with Gasteiger partial charge >= 0.3 is 0 Å². The first-order valence-corrected chi connectivity index (χ1v) is 8.70. The van der Waals surface area contributed by atoms with Crippen molar-refractivity contribution in [2.75, 3.05) is 24.0 Å². The molecule has 1 aliphatic rings. The number of aromatic nitrogens is 2. The molecule has 2 N–H and O–H groups in total. The maximum absolute atomic E-state index is 12.9. The number of halogens is 1. The van der Waals surface area contributed by atoms with E-state index in [4.69, 9.17) is 9.47 Å². The summed E-state index contributed by atoms with van der Waals surface area (Å²) in [5.41, 5.74) is 1.81. The standard InChI is InChI=1S/C20H17FN4O3/c21-14-3-1-13(2-4-14)7-9-22-20-23-10-8-16(25-20)19(26)24-15-5-6-17-18(11-15)28-12-27-17/h1-6,8,10-11H,7,9,12H2,(H,24,26)(H,22,23,25). The average Bonchev–Trinajstić information content (AvgIpc) is 3.18. The maximum Gasteiger partial charge on any atom is 0.274 e. The fourth-order valence-corrected chi connectivity index (χ4v) is 2.71. The summed E-state index contributed by atoms with van der Waals surface area (Å²) in [4.78, 5) is 20.8. The SMILES string of the molecule is O=C(Nc1ccc2c(c1)OCO2)c1ccnc(NCCc2ccc(F)cc2)n1. The van der Waals surface area contributed by atoms with Gasteiger partial charge in [0.15, 0.2) is 11.5 Å². The van der Waals surface area contributed by atoms with Gasteiger partial charge in [0.05, 0.1) is 0 Å². The number of hydrogen-bond acceptors (Lipinski definition) is 6. The van der Waals surface area contributed by atoms with Crippen LogP contribution >= 0.6 is 0 Å². The molecule has 4 rings (SSSR count). The van der Waals surface area contributed by atoms with Crippen LogP contribution in [0.4, 0.5) is 16.0 Å². The molecule has 0 unspecified atom stereocenters. The van der Waals surface area contributed by atoms with Crippen molar-refractivity contribution in [1.82, 2.24) is 9.97 Å². The highest BCUT2D eigenvalue weighted by Gasteiger charge is 2.15. The lowest BCUT2D eigenvalue weighted by molar-refractivity contribution is 0.102. The van der Waals surface area contributed by atoms with Crippen LogP contribution < -0.4 is 20.1 Å². The summed E-state index contributed by atoms with van der Waals surface area (Å²) in [6, 6.07) is 13.0. The third-order valence-electron chi connectivity index (χ3n) is 4.13. The van der Waals surface area contributed by atoms with Crippen molar-refractivity contribution in [1.29, 1.82) is 0 Å². The van der Waals surface area contributed by atoms with Gasteiger partial charge in [-0.15, -0.1) is 0 Å². The molecule has 2 heterocycles. The smallest absolute Gasteiger partial charge is 0.274 e. The Hall–Kier alpha value is -3.68. The zero-order chi connectivity index (χ0) is 19.3. The molecule has 8 heteroatoms. The molecule has 0 atom stereocenters. The molecule has 0 saturated carbocycles. The van der Waals surface area contributed by atoms with E-state index >= 15 is 0 Å². The van der Waals surface area contributed by atoms with Crippen molar-refractivity contribution in [2.24, 2.45) is 0 Å². The first kappa shape index (κ1) is 17.7. The van der Waals surface area contributed by atoms with E-state index in [-0.39, 0.29) is 24.2 Å². The molecule has 7 nitrogen and oxygen atoms in total. The molecule has 0 spiro atoms. The summed E-state index contributed by atoms with van der Waals surface area (Å²) in [6.45, 7) is 0.727. The largest absolute Gasteiger partial charge is 0.454 e. The summed E-state index contributed by atoms with van der Waals surface area (Å²) in [7, 11) is 0. The highest BCUT2D eigenvalue weighted by molar-refractivity contribution is 6.03. The van der Waals surface area contributed by atoms with Crippen LogP contribution in [0, 0.1) is 5.82 Å². The van der Waals surface area contributed by atoms with Crippen molar-refractivity contribution in [3.63, 3.8) is 0 Å². The first-order valence-electron chi connectivity index (χ1n) is 8.70. The van der Waals surface area contributed by atoms with Gasteiger partial charge in [-0.05, 0) is 42.3 Å². The molecule has 1 aliphatic heterocycles. The van der Waals surface area contributed by atoms with Gasteiger partial charge in [-0.25, -0.2) is 14.4 Å². The lowest BCUT2D eigenvalue weighted by atomic mass is 10.1. The van der Waals surface area contributed by atoms with Gasteiger partial charge in [0.25, 0.3) is 5.91 Å². The number of amides is 1. The number of rotatable bonds is 6. The second-order valence-corrected chi connectivity index (χ2v) is 6.09. The van der Waals surface area contributed by atoms with E-state index in [0.717, 1.165) is 5.56 Å². The van der Waals surface area contributed by atoms with E-state index in [1.54, 1.807) is 30.3 Å². The topological polar surface area (TPSA) is 85.4 Å². The van der Waals surface area contributed by atoms with Crippen LogP contribution in [-0.4, -0.2) is 29.2 Å². The van der Waals surface area contributed by atoms with Crippen LogP contribution in [0.25, 0.3) is 0 Å². The minimum absolute atomic E-state index is 0.172. The van der Waals surface area contributed by atoms with Gasteiger partial charge in [-0.3, -0.25) is 4.79 Å². The van der Waals surface area contributed by atoms with Crippen molar-refractivity contribution in [2.45, 2.75) is 6.42 Å². The Balaban J connectivity index is 1.36. The number of fused-ring (bicyclic) bond motifs is 1. The second kappa shape index (κ2) is 7.91. The lowest BCUT2D eigenvalue weighted by Gasteiger charge is -2.08. The molecule has 3 aromatic rings. The quantitative estimate of drug-likeness (QED) is 0.683. The Bertz CT molecular complexity index is 995. The van der Waals surface area contributed by atoms with Gasteiger partial charge in [-0.1, -0.05) is 12.1 Å². The van der Waals surface area contributed by atoms with Crippen LogP contribution in [0.1, 0.15) is 16.1 Å². The van der Waals surface area contributed by atoms with Crippen molar-refractivity contribution in [3.05, 3.63) is 71.8 Å². The molecule has 0 saturated heterocycles. The Morgan fingerprint density at radius 2 is 1.89 bits per heavy atom. The number of ether oxygens (including phenoxy) is 2. The van der Waals surface area contributed by atoms with Gasteiger partial charge in [-0.2, -0.15) is 0 Å². The fraction of sp³-hybridized carbons (Fsp3) is 0.150. The number of benzene rings is 2. The van der Waals surface area contributed by atoms with E-state index in [0.29, 0.717) is 36.1 Å². The Labute approximate surface area is 160 Å². The number of carbonyl (C=O) groups is 1. The average molecular weight is 380 g/mol. The van der Waals surface area contributed by atoms with Gasteiger partial charge < -0.3 is 20.1 Å². The molecule has 0 radical (unpaired) electrons. The minimum Gasteiger partial charge on any atom is -0.454 e.